The molecule has 0 saturated carbocycles. The normalized spacial score (nSPS) is 22.5. The summed E-state index contributed by atoms with van der Waals surface area (Å²) in [5, 5.41) is 2.91. The molecule has 1 heterocycles. The molecule has 0 aliphatic carbocycles. The number of amides is 1. The quantitative estimate of drug-likeness (QED) is 0.784. The van der Waals surface area contributed by atoms with Gasteiger partial charge in [0.25, 0.3) is 0 Å². The average molecular weight is 204 g/mol. The third-order valence-electron chi connectivity index (χ3n) is 2.83. The second-order valence-corrected chi connectivity index (χ2v) is 3.73. The smallest absolute Gasteiger partial charge is 0.242 e. The molecular formula is C12H16N2O. The molecule has 1 aromatic rings. The fourth-order valence-corrected chi connectivity index (χ4v) is 2.05. The Morgan fingerprint density at radius 1 is 1.40 bits per heavy atom. The highest BCUT2D eigenvalue weighted by Crippen LogP contribution is 2.22. The molecule has 1 aliphatic rings. The lowest BCUT2D eigenvalue weighted by Crippen LogP contribution is -2.49. The van der Waals surface area contributed by atoms with Gasteiger partial charge in [-0.15, -0.1) is 0 Å². The van der Waals surface area contributed by atoms with E-state index in [2.05, 4.69) is 17.1 Å². The summed E-state index contributed by atoms with van der Waals surface area (Å²) in [5.41, 5.74) is 1.08. The van der Waals surface area contributed by atoms with Gasteiger partial charge in [-0.25, -0.2) is 0 Å². The van der Waals surface area contributed by atoms with E-state index in [0.29, 0.717) is 0 Å². The van der Waals surface area contributed by atoms with E-state index in [1.54, 1.807) is 0 Å². The Bertz CT molecular complexity index is 337. The summed E-state index contributed by atoms with van der Waals surface area (Å²) < 4.78 is 0. The second kappa shape index (κ2) is 4.45. The molecule has 0 unspecified atom stereocenters. The van der Waals surface area contributed by atoms with Crippen molar-refractivity contribution in [2.24, 2.45) is 0 Å². The maximum absolute atomic E-state index is 11.8. The van der Waals surface area contributed by atoms with Gasteiger partial charge in [-0.05, 0) is 12.1 Å². The second-order valence-electron chi connectivity index (χ2n) is 3.73. The number of carbonyl (C=O) groups excluding carboxylic acids is 1. The van der Waals surface area contributed by atoms with Crippen molar-refractivity contribution in [1.82, 2.24) is 10.2 Å². The van der Waals surface area contributed by atoms with E-state index in [9.17, 15) is 4.79 Å². The van der Waals surface area contributed by atoms with Crippen molar-refractivity contribution < 1.29 is 4.79 Å². The van der Waals surface area contributed by atoms with E-state index in [0.717, 1.165) is 25.2 Å². The monoisotopic (exact) mass is 204 g/mol. The summed E-state index contributed by atoms with van der Waals surface area (Å²) in [6.07, 6.45) is 0. The van der Waals surface area contributed by atoms with Crippen LogP contribution in [0.15, 0.2) is 30.3 Å². The molecule has 15 heavy (non-hydrogen) atoms. The van der Waals surface area contributed by atoms with Crippen LogP contribution >= 0.6 is 0 Å². The number of nitrogens with one attached hydrogen (secondary N) is 1. The van der Waals surface area contributed by atoms with Gasteiger partial charge in [-0.1, -0.05) is 37.3 Å². The molecule has 0 radical (unpaired) electrons. The van der Waals surface area contributed by atoms with Gasteiger partial charge in [0.1, 0.15) is 6.04 Å². The summed E-state index contributed by atoms with van der Waals surface area (Å²) in [5.74, 6) is 0.120. The van der Waals surface area contributed by atoms with Crippen LogP contribution in [0.2, 0.25) is 0 Å². The van der Waals surface area contributed by atoms with Gasteiger partial charge < -0.3 is 5.32 Å². The predicted octanol–water partition coefficient (Wildman–Crippen LogP) is 1.18. The Hall–Kier alpha value is -1.35. The van der Waals surface area contributed by atoms with Gasteiger partial charge >= 0.3 is 0 Å². The third kappa shape index (κ3) is 2.02. The van der Waals surface area contributed by atoms with Crippen LogP contribution in [0.25, 0.3) is 0 Å². The summed E-state index contributed by atoms with van der Waals surface area (Å²) in [7, 11) is 0. The highest BCUT2D eigenvalue weighted by atomic mass is 16.2. The molecule has 0 spiro atoms. The van der Waals surface area contributed by atoms with Crippen LogP contribution in [0.4, 0.5) is 0 Å². The maximum atomic E-state index is 11.8. The first-order chi connectivity index (χ1) is 7.33. The standard InChI is InChI=1S/C12H16N2O/c1-2-14-9-8-13-12(15)11(14)10-6-4-3-5-7-10/h3-7,11H,2,8-9H2,1H3,(H,13,15)/t11-/m0/s1. The number of hydrogen-bond acceptors (Lipinski definition) is 2. The van der Waals surface area contributed by atoms with Gasteiger partial charge in [0.15, 0.2) is 0 Å². The number of piperazine rings is 1. The molecule has 1 amide bonds. The number of nitrogens with zero attached hydrogens (tertiary/aromatic N) is 1. The van der Waals surface area contributed by atoms with E-state index in [-0.39, 0.29) is 11.9 Å². The topological polar surface area (TPSA) is 32.3 Å². The molecule has 1 saturated heterocycles. The van der Waals surface area contributed by atoms with E-state index in [1.807, 2.05) is 30.3 Å². The van der Waals surface area contributed by atoms with Crippen molar-refractivity contribution in [3.63, 3.8) is 0 Å². The summed E-state index contributed by atoms with van der Waals surface area (Å²) in [6, 6.07) is 9.84. The Morgan fingerprint density at radius 2 is 2.13 bits per heavy atom. The van der Waals surface area contributed by atoms with E-state index in [4.69, 9.17) is 0 Å². The van der Waals surface area contributed by atoms with Crippen molar-refractivity contribution in [2.75, 3.05) is 19.6 Å². The van der Waals surface area contributed by atoms with Crippen LogP contribution < -0.4 is 5.32 Å². The zero-order valence-electron chi connectivity index (χ0n) is 8.94. The minimum Gasteiger partial charge on any atom is -0.353 e. The summed E-state index contributed by atoms with van der Waals surface area (Å²) in [4.78, 5) is 14.0. The van der Waals surface area contributed by atoms with Crippen molar-refractivity contribution in [3.8, 4) is 0 Å². The third-order valence-corrected chi connectivity index (χ3v) is 2.83. The Kier molecular flexibility index (Phi) is 3.02. The molecular weight excluding hydrogens is 188 g/mol. The molecule has 1 N–H and O–H groups in total. The van der Waals surface area contributed by atoms with Gasteiger partial charge in [0, 0.05) is 13.1 Å². The molecule has 3 heteroatoms. The molecule has 1 fully saturated rings. The van der Waals surface area contributed by atoms with Crippen LogP contribution in [0, 0.1) is 0 Å². The lowest BCUT2D eigenvalue weighted by Gasteiger charge is -2.34. The highest BCUT2D eigenvalue weighted by molar-refractivity contribution is 5.83. The average Bonchev–Trinajstić information content (AvgIpc) is 2.29. The minimum absolute atomic E-state index is 0.107. The largest absolute Gasteiger partial charge is 0.353 e. The van der Waals surface area contributed by atoms with E-state index < -0.39 is 0 Å². The molecule has 1 atom stereocenters. The molecule has 0 aromatic heterocycles. The van der Waals surface area contributed by atoms with Crippen LogP contribution in [0.3, 0.4) is 0 Å². The van der Waals surface area contributed by atoms with Gasteiger partial charge in [0.2, 0.25) is 5.91 Å². The van der Waals surface area contributed by atoms with Crippen LogP contribution in [-0.2, 0) is 4.79 Å². The number of rotatable bonds is 2. The molecule has 80 valence electrons. The van der Waals surface area contributed by atoms with Crippen molar-refractivity contribution in [1.29, 1.82) is 0 Å². The van der Waals surface area contributed by atoms with Crippen molar-refractivity contribution in [2.45, 2.75) is 13.0 Å². The van der Waals surface area contributed by atoms with Crippen molar-refractivity contribution in [3.05, 3.63) is 35.9 Å². The van der Waals surface area contributed by atoms with E-state index in [1.165, 1.54) is 0 Å². The Labute approximate surface area is 90.1 Å². The molecule has 0 bridgehead atoms. The SMILES string of the molecule is CCN1CCNC(=O)[C@@H]1c1ccccc1. The number of likely N-dealkylation sites (N-methyl/N-ethyl adjacent to an activating group) is 1. The predicted molar refractivity (Wildman–Crippen MR) is 59.4 cm³/mol. The zero-order chi connectivity index (χ0) is 10.7. The Balaban J connectivity index is 2.27. The van der Waals surface area contributed by atoms with Gasteiger partial charge in [-0.3, -0.25) is 9.69 Å². The summed E-state index contributed by atoms with van der Waals surface area (Å²) in [6.45, 7) is 4.69. The maximum Gasteiger partial charge on any atom is 0.242 e. The van der Waals surface area contributed by atoms with Crippen LogP contribution in [0.5, 0.6) is 0 Å². The van der Waals surface area contributed by atoms with Crippen LogP contribution in [-0.4, -0.2) is 30.4 Å². The molecule has 1 aliphatic heterocycles. The van der Waals surface area contributed by atoms with Crippen molar-refractivity contribution >= 4 is 5.91 Å². The Morgan fingerprint density at radius 3 is 2.80 bits per heavy atom. The fourth-order valence-electron chi connectivity index (χ4n) is 2.05. The molecule has 3 nitrogen and oxygen atoms in total. The molecule has 1 aromatic carbocycles. The lowest BCUT2D eigenvalue weighted by atomic mass is 10.0. The van der Waals surface area contributed by atoms with E-state index >= 15 is 0 Å². The first-order valence-corrected chi connectivity index (χ1v) is 5.39. The number of carbonyl (C=O) groups is 1. The zero-order valence-corrected chi connectivity index (χ0v) is 8.94. The first kappa shape index (κ1) is 10.2. The summed E-state index contributed by atoms with van der Waals surface area (Å²) >= 11 is 0. The highest BCUT2D eigenvalue weighted by Gasteiger charge is 2.29. The molecule has 2 rings (SSSR count). The minimum atomic E-state index is -0.107. The number of benzene rings is 1. The van der Waals surface area contributed by atoms with Crippen LogP contribution in [0.1, 0.15) is 18.5 Å². The van der Waals surface area contributed by atoms with Gasteiger partial charge in [0.05, 0.1) is 0 Å². The lowest BCUT2D eigenvalue weighted by molar-refractivity contribution is -0.129. The fraction of sp³-hybridized carbons (Fsp3) is 0.417. The first-order valence-electron chi connectivity index (χ1n) is 5.39. The van der Waals surface area contributed by atoms with Gasteiger partial charge in [-0.2, -0.15) is 0 Å². The number of hydrogen-bond donors (Lipinski definition) is 1.